The minimum Gasteiger partial charge on any atom is -0.461 e. The summed E-state index contributed by atoms with van der Waals surface area (Å²) in [5.41, 5.74) is 1.84. The number of rotatable bonds is 5. The molecule has 6 atom stereocenters. The number of hydrogen-bond donors (Lipinski definition) is 4. The van der Waals surface area contributed by atoms with Gasteiger partial charge in [-0.25, -0.2) is 0 Å². The number of cyclic esters (lactones) is 1. The Balaban J connectivity index is 3.02. The zero-order valence-electron chi connectivity index (χ0n) is 23.6. The largest absolute Gasteiger partial charge is 0.461 e. The zero-order chi connectivity index (χ0) is 29.0. The van der Waals surface area contributed by atoms with Crippen molar-refractivity contribution in [2.75, 3.05) is 0 Å². The molecule has 1 heterocycles. The van der Waals surface area contributed by atoms with Gasteiger partial charge in [-0.1, -0.05) is 104 Å². The Bertz CT molecular complexity index is 922. The summed E-state index contributed by atoms with van der Waals surface area (Å²) < 4.78 is 5.76. The molecule has 0 saturated heterocycles. The summed E-state index contributed by atoms with van der Waals surface area (Å²) in [6.45, 7) is 11.5. The van der Waals surface area contributed by atoms with Gasteiger partial charge in [0, 0.05) is 18.8 Å². The fourth-order valence-electron chi connectivity index (χ4n) is 4.00. The second-order valence-corrected chi connectivity index (χ2v) is 10.2. The molecule has 0 saturated carbocycles. The van der Waals surface area contributed by atoms with Crippen LogP contribution in [0.5, 0.6) is 0 Å². The van der Waals surface area contributed by atoms with E-state index >= 15 is 0 Å². The van der Waals surface area contributed by atoms with E-state index in [9.17, 15) is 25.2 Å². The molecule has 6 heteroatoms. The first kappa shape index (κ1) is 34.3. The first-order chi connectivity index (χ1) is 18.6. The highest BCUT2D eigenvalue weighted by atomic mass is 16.5. The molecule has 0 amide bonds. The maximum atomic E-state index is 12.7. The molecule has 1 rings (SSSR count). The maximum absolute atomic E-state index is 12.7. The van der Waals surface area contributed by atoms with E-state index in [1.54, 1.807) is 24.3 Å². The number of ether oxygens (including phenoxy) is 1. The summed E-state index contributed by atoms with van der Waals surface area (Å²) in [5.74, 6) is -0.736. The lowest BCUT2D eigenvalue weighted by molar-refractivity contribution is -0.153. The number of allylic oxidation sites excluding steroid dienone is 8. The van der Waals surface area contributed by atoms with Gasteiger partial charge in [0.1, 0.15) is 6.10 Å². The number of aliphatic hydroxyl groups is 4. The minimum absolute atomic E-state index is 0.00137. The summed E-state index contributed by atoms with van der Waals surface area (Å²) in [6.07, 6.45) is 21.2. The van der Waals surface area contributed by atoms with Gasteiger partial charge in [0.25, 0.3) is 0 Å². The van der Waals surface area contributed by atoms with Gasteiger partial charge in [0.2, 0.25) is 0 Å². The molecule has 4 N–H and O–H groups in total. The van der Waals surface area contributed by atoms with Crippen LogP contribution in [0.3, 0.4) is 0 Å². The molecule has 216 valence electrons. The lowest BCUT2D eigenvalue weighted by Crippen LogP contribution is -2.27. The van der Waals surface area contributed by atoms with Gasteiger partial charge < -0.3 is 25.2 Å². The van der Waals surface area contributed by atoms with Crippen molar-refractivity contribution in [2.24, 2.45) is 5.92 Å². The van der Waals surface area contributed by atoms with Crippen LogP contribution in [-0.2, 0) is 9.53 Å². The molecular weight excluding hydrogens is 492 g/mol. The van der Waals surface area contributed by atoms with Gasteiger partial charge in [0.15, 0.2) is 0 Å². The predicted molar refractivity (Wildman–Crippen MR) is 159 cm³/mol. The van der Waals surface area contributed by atoms with Gasteiger partial charge in [-0.15, -0.1) is 0 Å². The third kappa shape index (κ3) is 17.4. The summed E-state index contributed by atoms with van der Waals surface area (Å²) in [5, 5.41) is 41.2. The van der Waals surface area contributed by atoms with Crippen molar-refractivity contribution in [3.05, 3.63) is 97.2 Å². The van der Waals surface area contributed by atoms with Gasteiger partial charge in [-0.3, -0.25) is 4.79 Å². The molecule has 0 aromatic rings. The molecule has 1 aliphatic rings. The number of esters is 1. The molecule has 0 fully saturated rings. The number of hydrogen-bond acceptors (Lipinski definition) is 6. The monoisotopic (exact) mass is 540 g/mol. The molecule has 39 heavy (non-hydrogen) atoms. The average Bonchev–Trinajstić information content (AvgIpc) is 2.86. The van der Waals surface area contributed by atoms with Crippen LogP contribution >= 0.6 is 0 Å². The normalized spacial score (nSPS) is 32.2. The molecule has 1 aliphatic heterocycles. The quantitative estimate of drug-likeness (QED) is 0.206. The summed E-state index contributed by atoms with van der Waals surface area (Å²) >= 11 is 0. The van der Waals surface area contributed by atoms with Crippen LogP contribution in [0.4, 0.5) is 0 Å². The Morgan fingerprint density at radius 1 is 1.00 bits per heavy atom. The Morgan fingerprint density at radius 3 is 2.51 bits per heavy atom. The van der Waals surface area contributed by atoms with Crippen molar-refractivity contribution < 1.29 is 30.0 Å². The highest BCUT2D eigenvalue weighted by Crippen LogP contribution is 2.19. The van der Waals surface area contributed by atoms with Crippen molar-refractivity contribution in [3.63, 3.8) is 0 Å². The lowest BCUT2D eigenvalue weighted by Gasteiger charge is -2.22. The third-order valence-electron chi connectivity index (χ3n) is 6.31. The van der Waals surface area contributed by atoms with Crippen LogP contribution < -0.4 is 0 Å². The fraction of sp³-hybridized carbons (Fsp3) is 0.485. The second kappa shape index (κ2) is 20.2. The van der Waals surface area contributed by atoms with Crippen LogP contribution in [0, 0.1) is 5.92 Å². The molecule has 6 nitrogen and oxygen atoms in total. The van der Waals surface area contributed by atoms with Crippen molar-refractivity contribution in [2.45, 2.75) is 95.7 Å². The molecule has 0 bridgehead atoms. The minimum atomic E-state index is -1.06. The van der Waals surface area contributed by atoms with E-state index in [1.807, 2.05) is 62.5 Å². The van der Waals surface area contributed by atoms with Crippen LogP contribution in [0.2, 0.25) is 0 Å². The molecule has 0 aliphatic carbocycles. The molecule has 0 radical (unpaired) electrons. The summed E-state index contributed by atoms with van der Waals surface area (Å²) in [7, 11) is 0. The van der Waals surface area contributed by atoms with E-state index in [4.69, 9.17) is 4.74 Å². The number of carbonyl (C=O) groups excluding carboxylic acids is 1. The second-order valence-electron chi connectivity index (χ2n) is 10.2. The smallest absolute Gasteiger partial charge is 0.308 e. The van der Waals surface area contributed by atoms with Crippen molar-refractivity contribution >= 4 is 5.97 Å². The van der Waals surface area contributed by atoms with E-state index in [0.717, 1.165) is 11.1 Å². The SMILES string of the molecule is C=C/C=C/C=C\C(C)=C/CC1OC(=O)CC(O)CC(O)/C=C/CC(=C)CC(O)CC/C=C/CC(O)/C=C/C1C. The fourth-order valence-corrected chi connectivity index (χ4v) is 4.00. The van der Waals surface area contributed by atoms with Crippen molar-refractivity contribution in [3.8, 4) is 0 Å². The summed E-state index contributed by atoms with van der Waals surface area (Å²) in [6, 6.07) is 0. The van der Waals surface area contributed by atoms with Gasteiger partial charge in [-0.2, -0.15) is 0 Å². The third-order valence-corrected chi connectivity index (χ3v) is 6.31. The molecule has 0 aromatic carbocycles. The van der Waals surface area contributed by atoms with E-state index in [2.05, 4.69) is 13.2 Å². The first-order valence-electron chi connectivity index (χ1n) is 13.8. The van der Waals surface area contributed by atoms with Gasteiger partial charge >= 0.3 is 5.97 Å². The van der Waals surface area contributed by atoms with Gasteiger partial charge in [-0.05, 0) is 39.0 Å². The highest BCUT2D eigenvalue weighted by Gasteiger charge is 2.22. The lowest BCUT2D eigenvalue weighted by atomic mass is 9.98. The Hall–Kier alpha value is -2.77. The highest BCUT2D eigenvalue weighted by molar-refractivity contribution is 5.70. The molecule has 6 unspecified atom stereocenters. The van der Waals surface area contributed by atoms with Crippen LogP contribution in [0.15, 0.2) is 97.2 Å². The number of aliphatic hydroxyl groups excluding tert-OH is 4. The zero-order valence-corrected chi connectivity index (χ0v) is 23.6. The van der Waals surface area contributed by atoms with E-state index in [1.165, 1.54) is 0 Å². The Kier molecular flexibility index (Phi) is 17.7. The Labute approximate surface area is 234 Å². The molecular formula is C33H48O6. The first-order valence-corrected chi connectivity index (χ1v) is 13.8. The molecule has 0 aromatic heterocycles. The standard InChI is InChI=1S/C33H48O6/c1-5-6-7-9-13-25(2)18-21-32-27(4)19-20-28(34)15-10-8-11-16-29(35)22-26(3)14-12-17-30(36)23-31(37)24-33(38)39-32/h5-10,12-13,17-20,27-32,34-37H,1,3,11,14-16,21-24H2,2,4H3/b7-6+,10-8+,13-9-,17-12+,20-19+,25-18-. The van der Waals surface area contributed by atoms with E-state index in [0.29, 0.717) is 38.5 Å². The van der Waals surface area contributed by atoms with Crippen LogP contribution in [0.1, 0.15) is 65.2 Å². The van der Waals surface area contributed by atoms with Gasteiger partial charge in [0.05, 0.1) is 30.8 Å². The predicted octanol–water partition coefficient (Wildman–Crippen LogP) is 5.58. The van der Waals surface area contributed by atoms with E-state index in [-0.39, 0.29) is 18.8 Å². The number of carbonyl (C=O) groups is 1. The van der Waals surface area contributed by atoms with Crippen LogP contribution in [0.25, 0.3) is 0 Å². The van der Waals surface area contributed by atoms with E-state index < -0.39 is 36.5 Å². The topological polar surface area (TPSA) is 107 Å². The molecule has 0 spiro atoms. The van der Waals surface area contributed by atoms with Crippen LogP contribution in [-0.4, -0.2) is 56.9 Å². The Morgan fingerprint density at radius 2 is 1.77 bits per heavy atom. The average molecular weight is 541 g/mol. The van der Waals surface area contributed by atoms with Crippen molar-refractivity contribution in [1.29, 1.82) is 0 Å². The summed E-state index contributed by atoms with van der Waals surface area (Å²) in [4.78, 5) is 12.7. The maximum Gasteiger partial charge on any atom is 0.308 e. The van der Waals surface area contributed by atoms with Crippen molar-refractivity contribution in [1.82, 2.24) is 0 Å².